The average molecular weight is 279 g/mol. The number of nitrogens with two attached hydrogens (primary N) is 1. The van der Waals surface area contributed by atoms with Crippen LogP contribution in [0.1, 0.15) is 18.4 Å². The van der Waals surface area contributed by atoms with Gasteiger partial charge in [-0.3, -0.25) is 4.79 Å². The van der Waals surface area contributed by atoms with Gasteiger partial charge in [-0.2, -0.15) is 11.3 Å². The lowest BCUT2D eigenvalue weighted by atomic mass is 10.2. The smallest absolute Gasteiger partial charge is 0.227 e. The minimum absolute atomic E-state index is 0.0314. The molecule has 6 heteroatoms. The first-order chi connectivity index (χ1) is 9.10. The van der Waals surface area contributed by atoms with Crippen molar-refractivity contribution in [3.8, 4) is 11.5 Å². The van der Waals surface area contributed by atoms with Gasteiger partial charge in [-0.15, -0.1) is 0 Å². The lowest BCUT2D eigenvalue weighted by Gasteiger charge is -2.10. The van der Waals surface area contributed by atoms with Gasteiger partial charge >= 0.3 is 0 Å². The summed E-state index contributed by atoms with van der Waals surface area (Å²) in [5.74, 6) is 1.15. The molecule has 0 aromatic carbocycles. The normalized spacial score (nSPS) is 12.4. The Morgan fingerprint density at radius 3 is 3.05 bits per heavy atom. The molecule has 1 atom stereocenters. The summed E-state index contributed by atoms with van der Waals surface area (Å²) in [7, 11) is 0. The zero-order chi connectivity index (χ0) is 13.8. The molecule has 3 N–H and O–H groups in total. The maximum Gasteiger partial charge on any atom is 0.227 e. The zero-order valence-electron chi connectivity index (χ0n) is 11.0. The molecule has 0 aliphatic rings. The fourth-order valence-corrected chi connectivity index (χ4v) is 2.27. The van der Waals surface area contributed by atoms with Crippen LogP contribution in [0.5, 0.6) is 0 Å². The van der Waals surface area contributed by atoms with Crippen molar-refractivity contribution in [3.63, 3.8) is 0 Å². The summed E-state index contributed by atoms with van der Waals surface area (Å²) in [6.45, 7) is 4.10. The van der Waals surface area contributed by atoms with Crippen molar-refractivity contribution in [2.45, 2.75) is 26.3 Å². The number of carbonyl (C=O) groups excluding carboxylic acids is 1. The zero-order valence-corrected chi connectivity index (χ0v) is 11.8. The minimum atomic E-state index is -0.0915. The van der Waals surface area contributed by atoms with Gasteiger partial charge in [-0.05, 0) is 25.3 Å². The van der Waals surface area contributed by atoms with Gasteiger partial charge in [0.1, 0.15) is 5.76 Å². The maximum absolute atomic E-state index is 11.8. The van der Waals surface area contributed by atoms with Crippen LogP contribution in [0.2, 0.25) is 0 Å². The van der Waals surface area contributed by atoms with Gasteiger partial charge < -0.3 is 15.5 Å². The first-order valence-corrected chi connectivity index (χ1v) is 7.02. The van der Waals surface area contributed by atoms with Gasteiger partial charge in [0.2, 0.25) is 11.8 Å². The molecule has 0 saturated carbocycles. The Morgan fingerprint density at radius 1 is 1.63 bits per heavy atom. The number of amides is 1. The highest BCUT2D eigenvalue weighted by molar-refractivity contribution is 7.08. The molecular weight excluding hydrogens is 262 g/mol. The Bertz CT molecular complexity index is 548. The molecule has 2 rings (SSSR count). The van der Waals surface area contributed by atoms with Crippen molar-refractivity contribution in [1.29, 1.82) is 0 Å². The molecule has 0 spiro atoms. The van der Waals surface area contributed by atoms with Crippen molar-refractivity contribution < 1.29 is 9.21 Å². The van der Waals surface area contributed by atoms with Gasteiger partial charge in [-0.25, -0.2) is 4.98 Å². The lowest BCUT2D eigenvalue weighted by molar-refractivity contribution is -0.121. The van der Waals surface area contributed by atoms with Gasteiger partial charge in [0.25, 0.3) is 0 Å². The number of nitrogens with one attached hydrogen (secondary N) is 1. The minimum Gasteiger partial charge on any atom is -0.441 e. The Kier molecular flexibility index (Phi) is 4.34. The highest BCUT2D eigenvalue weighted by Gasteiger charge is 2.15. The highest BCUT2D eigenvalue weighted by atomic mass is 32.1. The molecule has 0 unspecified atom stereocenters. The van der Waals surface area contributed by atoms with Crippen molar-refractivity contribution >= 4 is 17.2 Å². The van der Waals surface area contributed by atoms with E-state index in [9.17, 15) is 4.79 Å². The largest absolute Gasteiger partial charge is 0.441 e. The predicted molar refractivity (Wildman–Crippen MR) is 74.9 cm³/mol. The van der Waals surface area contributed by atoms with Crippen LogP contribution in [-0.4, -0.2) is 23.5 Å². The molecule has 2 aromatic rings. The molecule has 5 nitrogen and oxygen atoms in total. The number of nitrogens with zero attached hydrogens (tertiary/aromatic N) is 1. The maximum atomic E-state index is 11.8. The van der Waals surface area contributed by atoms with Gasteiger partial charge in [0, 0.05) is 23.5 Å². The Hall–Kier alpha value is -1.66. The number of aryl methyl sites for hydroxylation is 1. The van der Waals surface area contributed by atoms with Gasteiger partial charge in [0.15, 0.2) is 0 Å². The van der Waals surface area contributed by atoms with E-state index >= 15 is 0 Å². The van der Waals surface area contributed by atoms with Crippen LogP contribution >= 0.6 is 11.3 Å². The molecule has 1 amide bonds. The molecule has 102 valence electrons. The highest BCUT2D eigenvalue weighted by Crippen LogP contribution is 2.23. The third-order valence-electron chi connectivity index (χ3n) is 2.75. The second kappa shape index (κ2) is 5.99. The standard InChI is InChI=1S/C13H17N3O2S/c1-8(6-14)15-12(17)5-11-9(2)18-13(16-11)10-3-4-19-7-10/h3-4,7-8H,5-6,14H2,1-2H3,(H,15,17)/t8-/m0/s1. The van der Waals surface area contributed by atoms with E-state index in [0.717, 1.165) is 5.56 Å². The first-order valence-electron chi connectivity index (χ1n) is 6.08. The number of rotatable bonds is 5. The number of carbonyl (C=O) groups is 1. The van der Waals surface area contributed by atoms with Crippen LogP contribution < -0.4 is 11.1 Å². The van der Waals surface area contributed by atoms with E-state index in [1.54, 1.807) is 11.3 Å². The van der Waals surface area contributed by atoms with E-state index in [-0.39, 0.29) is 18.4 Å². The number of oxazole rings is 1. The molecule has 2 aromatic heterocycles. The quantitative estimate of drug-likeness (QED) is 0.873. The molecule has 0 aliphatic heterocycles. The number of hydrogen-bond donors (Lipinski definition) is 2. The summed E-state index contributed by atoms with van der Waals surface area (Å²) in [5, 5.41) is 6.73. The van der Waals surface area contributed by atoms with Crippen LogP contribution in [0.25, 0.3) is 11.5 Å². The number of aromatic nitrogens is 1. The first kappa shape index (κ1) is 13.8. The van der Waals surface area contributed by atoms with Crippen LogP contribution in [0.3, 0.4) is 0 Å². The fraction of sp³-hybridized carbons (Fsp3) is 0.385. The summed E-state index contributed by atoms with van der Waals surface area (Å²) < 4.78 is 5.58. The fourth-order valence-electron chi connectivity index (χ4n) is 1.64. The summed E-state index contributed by atoms with van der Waals surface area (Å²) in [6, 6.07) is 1.91. The van der Waals surface area contributed by atoms with E-state index < -0.39 is 0 Å². The van der Waals surface area contributed by atoms with Crippen LogP contribution in [-0.2, 0) is 11.2 Å². The monoisotopic (exact) mass is 279 g/mol. The Morgan fingerprint density at radius 2 is 2.42 bits per heavy atom. The molecule has 0 saturated heterocycles. The molecule has 0 radical (unpaired) electrons. The third kappa shape index (κ3) is 3.42. The van der Waals surface area contributed by atoms with Crippen molar-refractivity contribution in [2.75, 3.05) is 6.54 Å². The van der Waals surface area contributed by atoms with Crippen LogP contribution in [0.4, 0.5) is 0 Å². The Labute approximate surface area is 115 Å². The van der Waals surface area contributed by atoms with Gasteiger partial charge in [-0.1, -0.05) is 0 Å². The number of thiophene rings is 1. The molecule has 0 fully saturated rings. The van der Waals surface area contributed by atoms with Crippen LogP contribution in [0, 0.1) is 6.92 Å². The summed E-state index contributed by atoms with van der Waals surface area (Å²) in [4.78, 5) is 16.2. The molecule has 0 aliphatic carbocycles. The molecule has 19 heavy (non-hydrogen) atoms. The van der Waals surface area contributed by atoms with E-state index in [1.165, 1.54) is 0 Å². The second-order valence-electron chi connectivity index (χ2n) is 4.41. The lowest BCUT2D eigenvalue weighted by Crippen LogP contribution is -2.38. The van der Waals surface area contributed by atoms with E-state index in [0.29, 0.717) is 23.9 Å². The van der Waals surface area contributed by atoms with Crippen molar-refractivity contribution in [3.05, 3.63) is 28.3 Å². The average Bonchev–Trinajstić information content (AvgIpc) is 2.99. The molecule has 2 heterocycles. The third-order valence-corrected chi connectivity index (χ3v) is 3.43. The van der Waals surface area contributed by atoms with E-state index in [1.807, 2.05) is 30.7 Å². The van der Waals surface area contributed by atoms with E-state index in [4.69, 9.17) is 10.2 Å². The van der Waals surface area contributed by atoms with Gasteiger partial charge in [0.05, 0.1) is 12.1 Å². The SMILES string of the molecule is Cc1oc(-c2ccsc2)nc1CC(=O)N[C@@H](C)CN. The van der Waals surface area contributed by atoms with E-state index in [2.05, 4.69) is 10.3 Å². The topological polar surface area (TPSA) is 81.2 Å². The Balaban J connectivity index is 2.07. The molecule has 0 bridgehead atoms. The second-order valence-corrected chi connectivity index (χ2v) is 5.19. The van der Waals surface area contributed by atoms with Crippen LogP contribution in [0.15, 0.2) is 21.2 Å². The predicted octanol–water partition coefficient (Wildman–Crippen LogP) is 1.72. The summed E-state index contributed by atoms with van der Waals surface area (Å²) in [5.41, 5.74) is 7.07. The van der Waals surface area contributed by atoms with Crippen molar-refractivity contribution in [2.24, 2.45) is 5.73 Å². The number of hydrogen-bond acceptors (Lipinski definition) is 5. The molecular formula is C13H17N3O2S. The summed E-state index contributed by atoms with van der Waals surface area (Å²) in [6.07, 6.45) is 0.212. The van der Waals surface area contributed by atoms with Crippen molar-refractivity contribution in [1.82, 2.24) is 10.3 Å². The summed E-state index contributed by atoms with van der Waals surface area (Å²) >= 11 is 1.58.